The van der Waals surface area contributed by atoms with Gasteiger partial charge in [0, 0.05) is 6.42 Å². The Morgan fingerprint density at radius 3 is 2.54 bits per heavy atom. The highest BCUT2D eigenvalue weighted by atomic mass is 16.5. The third kappa shape index (κ3) is 4.70. The predicted molar refractivity (Wildman–Crippen MR) is 146 cm³/mol. The summed E-state index contributed by atoms with van der Waals surface area (Å²) in [5.74, 6) is 2.02. The van der Waals surface area contributed by atoms with Crippen molar-refractivity contribution < 1.29 is 19.1 Å². The highest BCUT2D eigenvalue weighted by Crippen LogP contribution is 2.65. The van der Waals surface area contributed by atoms with Crippen LogP contribution in [-0.2, 0) is 14.3 Å². The van der Waals surface area contributed by atoms with Crippen molar-refractivity contribution >= 4 is 11.9 Å². The average molecular weight is 505 g/mol. The molecule has 5 rings (SSSR count). The molecule has 0 amide bonds. The molecule has 4 heteroatoms. The fourth-order valence-corrected chi connectivity index (χ4v) is 8.47. The first kappa shape index (κ1) is 26.3. The smallest absolute Gasteiger partial charge is 0.338 e. The third-order valence-corrected chi connectivity index (χ3v) is 10.7. The summed E-state index contributed by atoms with van der Waals surface area (Å²) in [6.45, 7) is 9.30. The van der Waals surface area contributed by atoms with E-state index in [1.807, 2.05) is 31.2 Å². The minimum atomic E-state index is -0.180. The Bertz CT molecular complexity index is 1100. The maximum absolute atomic E-state index is 12.8. The molecule has 0 radical (unpaired) electrons. The molecule has 0 N–H and O–H groups in total. The van der Waals surface area contributed by atoms with Gasteiger partial charge in [0.1, 0.15) is 6.10 Å². The van der Waals surface area contributed by atoms with Gasteiger partial charge in [0.05, 0.1) is 12.7 Å². The molecular weight excluding hydrogens is 460 g/mol. The zero-order valence-electron chi connectivity index (χ0n) is 23.3. The van der Waals surface area contributed by atoms with Crippen molar-refractivity contribution in [1.29, 1.82) is 0 Å². The van der Waals surface area contributed by atoms with Crippen LogP contribution in [0.4, 0.5) is 0 Å². The van der Waals surface area contributed by atoms with Crippen molar-refractivity contribution in [2.24, 2.45) is 34.5 Å². The molecule has 0 aliphatic heterocycles. The number of allylic oxidation sites excluding steroid dienone is 4. The number of fused-ring (bicyclic) bond motifs is 5. The molecule has 2 saturated carbocycles. The van der Waals surface area contributed by atoms with Gasteiger partial charge in [-0.2, -0.15) is 0 Å². The lowest BCUT2D eigenvalue weighted by Gasteiger charge is -2.57. The molecule has 0 heterocycles. The molecule has 4 nitrogen and oxygen atoms in total. The summed E-state index contributed by atoms with van der Waals surface area (Å²) >= 11 is 0. The van der Waals surface area contributed by atoms with Crippen LogP contribution in [-0.4, -0.2) is 25.2 Å². The molecule has 0 aromatic heterocycles. The van der Waals surface area contributed by atoms with E-state index in [4.69, 9.17) is 9.47 Å². The van der Waals surface area contributed by atoms with Crippen LogP contribution in [0.25, 0.3) is 0 Å². The summed E-state index contributed by atoms with van der Waals surface area (Å²) in [5, 5.41) is 0. The average Bonchev–Trinajstić information content (AvgIpc) is 3.25. The lowest BCUT2D eigenvalue weighted by molar-refractivity contribution is -0.140. The first-order valence-corrected chi connectivity index (χ1v) is 14.4. The highest BCUT2D eigenvalue weighted by Gasteiger charge is 2.55. The Hall–Kier alpha value is -2.36. The monoisotopic (exact) mass is 504 g/mol. The number of esters is 2. The van der Waals surface area contributed by atoms with Crippen LogP contribution in [0.1, 0.15) is 94.5 Å². The second-order valence-corrected chi connectivity index (χ2v) is 12.8. The van der Waals surface area contributed by atoms with Gasteiger partial charge in [0.25, 0.3) is 0 Å². The van der Waals surface area contributed by atoms with E-state index in [0.29, 0.717) is 35.7 Å². The van der Waals surface area contributed by atoms with Crippen LogP contribution in [0.2, 0.25) is 0 Å². The molecule has 0 bridgehead atoms. The Morgan fingerprint density at radius 1 is 1.05 bits per heavy atom. The zero-order valence-corrected chi connectivity index (χ0v) is 23.3. The van der Waals surface area contributed by atoms with Crippen LogP contribution < -0.4 is 0 Å². The van der Waals surface area contributed by atoms with Crippen molar-refractivity contribution in [3.05, 3.63) is 58.7 Å². The molecule has 2 fully saturated rings. The molecule has 0 unspecified atom stereocenters. The van der Waals surface area contributed by atoms with Gasteiger partial charge in [-0.1, -0.05) is 61.8 Å². The Kier molecular flexibility index (Phi) is 7.15. The molecule has 4 aliphatic carbocycles. The van der Waals surface area contributed by atoms with Gasteiger partial charge in [-0.05, 0) is 105 Å². The third-order valence-electron chi connectivity index (χ3n) is 10.7. The number of aryl methyl sites for hydroxylation is 1. The minimum Gasteiger partial charge on any atom is -0.469 e. The molecule has 0 saturated heterocycles. The summed E-state index contributed by atoms with van der Waals surface area (Å²) in [7, 11) is 1.48. The van der Waals surface area contributed by atoms with E-state index in [2.05, 4.69) is 32.9 Å². The first-order valence-electron chi connectivity index (χ1n) is 14.4. The number of ether oxygens (including phenoxy) is 2. The second-order valence-electron chi connectivity index (χ2n) is 12.8. The first-order chi connectivity index (χ1) is 17.7. The number of hydrogen-bond donors (Lipinski definition) is 0. The molecule has 0 spiro atoms. The predicted octanol–water partition coefficient (Wildman–Crippen LogP) is 7.61. The van der Waals surface area contributed by atoms with Crippen LogP contribution in [0.5, 0.6) is 0 Å². The topological polar surface area (TPSA) is 52.6 Å². The summed E-state index contributed by atoms with van der Waals surface area (Å²) in [6.07, 6.45) is 14.3. The van der Waals surface area contributed by atoms with Crippen LogP contribution in [0, 0.1) is 41.4 Å². The number of carbonyl (C=O) groups excluding carboxylic acids is 2. The number of hydrogen-bond acceptors (Lipinski definition) is 4. The largest absolute Gasteiger partial charge is 0.469 e. The fourth-order valence-electron chi connectivity index (χ4n) is 8.47. The lowest BCUT2D eigenvalue weighted by Crippen LogP contribution is -2.48. The number of rotatable bonds is 6. The maximum Gasteiger partial charge on any atom is 0.338 e. The van der Waals surface area contributed by atoms with Gasteiger partial charge in [-0.15, -0.1) is 0 Å². The molecular formula is C33H44O4. The van der Waals surface area contributed by atoms with E-state index in [1.54, 1.807) is 11.1 Å². The summed E-state index contributed by atoms with van der Waals surface area (Å²) in [4.78, 5) is 24.5. The van der Waals surface area contributed by atoms with Gasteiger partial charge in [0.15, 0.2) is 0 Å². The molecule has 4 aliphatic rings. The van der Waals surface area contributed by atoms with Crippen molar-refractivity contribution in [2.75, 3.05) is 7.11 Å². The van der Waals surface area contributed by atoms with Crippen LogP contribution >= 0.6 is 0 Å². The SMILES string of the molecule is COC(=O)CC[C@@H](C)C1=CC[C@H]2[C@@H]3CC[C@H]4C[C@H](OC(=O)c5ccc(C)cc5)CC[C@]4(C)C3=CC[C@]12C. The van der Waals surface area contributed by atoms with E-state index in [1.165, 1.54) is 20.0 Å². The molecule has 1 aromatic rings. The summed E-state index contributed by atoms with van der Waals surface area (Å²) < 4.78 is 10.9. The van der Waals surface area contributed by atoms with E-state index in [9.17, 15) is 9.59 Å². The lowest BCUT2D eigenvalue weighted by atomic mass is 9.48. The fraction of sp³-hybridized carbons (Fsp3) is 0.636. The van der Waals surface area contributed by atoms with Crippen LogP contribution in [0.15, 0.2) is 47.6 Å². The van der Waals surface area contributed by atoms with Crippen molar-refractivity contribution in [1.82, 2.24) is 0 Å². The molecule has 37 heavy (non-hydrogen) atoms. The van der Waals surface area contributed by atoms with Gasteiger partial charge < -0.3 is 9.47 Å². The Labute approximate surface area is 222 Å². The molecule has 200 valence electrons. The summed E-state index contributed by atoms with van der Waals surface area (Å²) in [6, 6.07) is 7.70. The van der Waals surface area contributed by atoms with Crippen molar-refractivity contribution in [3.63, 3.8) is 0 Å². The van der Waals surface area contributed by atoms with Gasteiger partial charge in [-0.3, -0.25) is 4.79 Å². The van der Waals surface area contributed by atoms with Gasteiger partial charge in [-0.25, -0.2) is 4.79 Å². The van der Waals surface area contributed by atoms with Crippen molar-refractivity contribution in [2.45, 2.75) is 91.6 Å². The summed E-state index contributed by atoms with van der Waals surface area (Å²) in [5.41, 5.74) is 5.49. The number of carbonyl (C=O) groups is 2. The Morgan fingerprint density at radius 2 is 1.81 bits per heavy atom. The normalized spacial score (nSPS) is 35.3. The van der Waals surface area contributed by atoms with E-state index < -0.39 is 0 Å². The highest BCUT2D eigenvalue weighted by molar-refractivity contribution is 5.89. The number of methoxy groups -OCH3 is 1. The minimum absolute atomic E-state index is 0.0216. The van der Waals surface area contributed by atoms with Crippen LogP contribution in [0.3, 0.4) is 0 Å². The van der Waals surface area contributed by atoms with E-state index >= 15 is 0 Å². The maximum atomic E-state index is 12.8. The second kappa shape index (κ2) is 10.1. The zero-order chi connectivity index (χ0) is 26.4. The Balaban J connectivity index is 1.26. The van der Waals surface area contributed by atoms with E-state index in [0.717, 1.165) is 44.1 Å². The van der Waals surface area contributed by atoms with Crippen molar-refractivity contribution in [3.8, 4) is 0 Å². The van der Waals surface area contributed by atoms with Gasteiger partial charge >= 0.3 is 11.9 Å². The van der Waals surface area contributed by atoms with Gasteiger partial charge in [0.2, 0.25) is 0 Å². The molecule has 7 atom stereocenters. The standard InChI is InChI=1S/C33H44O4/c1-21-6-9-23(10-7-21)31(35)37-25-16-18-32(3)24(20-25)11-12-26-28-14-13-27(22(2)8-15-30(34)36-5)33(28,4)19-17-29(26)32/h6-7,9-10,13,17,22,24-26,28H,8,11-12,14-16,18-20H2,1-5H3/t22-,24+,25-,26+,28+,32+,33-/m1/s1. The number of benzene rings is 1. The van der Waals surface area contributed by atoms with E-state index in [-0.39, 0.29) is 28.9 Å². The quantitative estimate of drug-likeness (QED) is 0.295. The molecule has 1 aromatic carbocycles.